The summed E-state index contributed by atoms with van der Waals surface area (Å²) in [4.78, 5) is 30.5. The summed E-state index contributed by atoms with van der Waals surface area (Å²) in [5.74, 6) is 0.773. The van der Waals surface area contributed by atoms with E-state index in [9.17, 15) is 4.79 Å². The Kier molecular flexibility index (Phi) is 5.24. The van der Waals surface area contributed by atoms with Crippen LogP contribution in [-0.2, 0) is 6.42 Å². The third-order valence-corrected chi connectivity index (χ3v) is 6.15. The van der Waals surface area contributed by atoms with Gasteiger partial charge in [0, 0.05) is 43.8 Å². The van der Waals surface area contributed by atoms with Crippen LogP contribution in [-0.4, -0.2) is 45.9 Å². The number of rotatable bonds is 4. The highest BCUT2D eigenvalue weighted by Gasteiger charge is 2.32. The molecule has 1 amide bonds. The van der Waals surface area contributed by atoms with E-state index in [-0.39, 0.29) is 11.9 Å². The Morgan fingerprint density at radius 1 is 1.06 bits per heavy atom. The van der Waals surface area contributed by atoms with E-state index in [1.54, 1.807) is 24.8 Å². The van der Waals surface area contributed by atoms with Crippen molar-refractivity contribution in [2.45, 2.75) is 31.7 Å². The van der Waals surface area contributed by atoms with Gasteiger partial charge in [-0.25, -0.2) is 4.98 Å². The van der Waals surface area contributed by atoms with Crippen LogP contribution in [0.25, 0.3) is 0 Å². The van der Waals surface area contributed by atoms with Gasteiger partial charge >= 0.3 is 0 Å². The zero-order valence-corrected chi connectivity index (χ0v) is 17.7. The minimum Gasteiger partial charge on any atom is -0.374 e. The first-order valence-corrected chi connectivity index (χ1v) is 10.8. The van der Waals surface area contributed by atoms with E-state index >= 15 is 0 Å². The normalized spacial score (nSPS) is 18.0. The Morgan fingerprint density at radius 2 is 2.00 bits per heavy atom. The summed E-state index contributed by atoms with van der Waals surface area (Å²) in [5, 5.41) is 3.19. The molecular formula is C24H26N6O. The lowest BCUT2D eigenvalue weighted by molar-refractivity contribution is 0.0733. The number of nitrogens with one attached hydrogen (secondary N) is 1. The molecule has 1 saturated heterocycles. The number of nitrogens with zero attached hydrogens (tertiary/aromatic N) is 5. The first-order valence-electron chi connectivity index (χ1n) is 10.8. The van der Waals surface area contributed by atoms with E-state index in [4.69, 9.17) is 0 Å². The minimum atomic E-state index is 0.0109. The van der Waals surface area contributed by atoms with Gasteiger partial charge in [-0.1, -0.05) is 0 Å². The summed E-state index contributed by atoms with van der Waals surface area (Å²) >= 11 is 0. The molecule has 7 heteroatoms. The highest BCUT2D eigenvalue weighted by Crippen LogP contribution is 2.34. The molecule has 1 unspecified atom stereocenters. The number of fused-ring (bicyclic) bond motifs is 1. The van der Waals surface area contributed by atoms with E-state index in [0.717, 1.165) is 55.7 Å². The van der Waals surface area contributed by atoms with Crippen LogP contribution in [0.3, 0.4) is 0 Å². The second-order valence-corrected chi connectivity index (χ2v) is 8.21. The number of aromatic nitrogens is 3. The molecule has 2 aliphatic rings. The maximum absolute atomic E-state index is 13.4. The molecule has 0 aliphatic carbocycles. The third kappa shape index (κ3) is 3.95. The summed E-state index contributed by atoms with van der Waals surface area (Å²) in [5.41, 5.74) is 5.07. The van der Waals surface area contributed by atoms with E-state index in [0.29, 0.717) is 5.82 Å². The summed E-state index contributed by atoms with van der Waals surface area (Å²) in [6.07, 6.45) is 10.8. The number of anilines is 3. The molecule has 1 aromatic carbocycles. The molecule has 7 nitrogen and oxygen atoms in total. The van der Waals surface area contributed by atoms with Crippen LogP contribution in [0.15, 0.2) is 55.1 Å². The van der Waals surface area contributed by atoms with Gasteiger partial charge in [0.05, 0.1) is 29.8 Å². The molecule has 31 heavy (non-hydrogen) atoms. The van der Waals surface area contributed by atoms with Crippen molar-refractivity contribution in [3.63, 3.8) is 0 Å². The maximum atomic E-state index is 13.4. The second kappa shape index (κ2) is 8.34. The number of carbonyl (C=O) groups is 1. The number of likely N-dealkylation sites (tertiary alicyclic amines) is 1. The number of amides is 1. The summed E-state index contributed by atoms with van der Waals surface area (Å²) in [6, 6.07) is 10.1. The molecule has 0 radical (unpaired) electrons. The zero-order chi connectivity index (χ0) is 21.2. The quantitative estimate of drug-likeness (QED) is 0.696. The predicted molar refractivity (Wildman–Crippen MR) is 121 cm³/mol. The van der Waals surface area contributed by atoms with Crippen LogP contribution >= 0.6 is 0 Å². The predicted octanol–water partition coefficient (Wildman–Crippen LogP) is 3.97. The van der Waals surface area contributed by atoms with Crippen LogP contribution < -0.4 is 10.2 Å². The Balaban J connectivity index is 1.33. The SMILES string of the molecule is CN1CCCc2cc(C(=O)N3CCCC3c3ccc(Nc4cnccn4)cn3)ccc21. The van der Waals surface area contributed by atoms with Crippen molar-refractivity contribution in [1.82, 2.24) is 19.9 Å². The largest absolute Gasteiger partial charge is 0.374 e. The second-order valence-electron chi connectivity index (χ2n) is 8.21. The van der Waals surface area contributed by atoms with Crippen molar-refractivity contribution in [2.75, 3.05) is 30.4 Å². The highest BCUT2D eigenvalue weighted by atomic mass is 16.2. The maximum Gasteiger partial charge on any atom is 0.254 e. The van der Waals surface area contributed by atoms with Crippen LogP contribution in [0.1, 0.15) is 46.9 Å². The smallest absolute Gasteiger partial charge is 0.254 e. The van der Waals surface area contributed by atoms with Crippen LogP contribution in [0.2, 0.25) is 0 Å². The van der Waals surface area contributed by atoms with E-state index < -0.39 is 0 Å². The Hall–Kier alpha value is -3.48. The lowest BCUT2D eigenvalue weighted by Crippen LogP contribution is -2.31. The first-order chi connectivity index (χ1) is 15.2. The van der Waals surface area contributed by atoms with Crippen LogP contribution in [0, 0.1) is 0 Å². The molecule has 0 spiro atoms. The van der Waals surface area contributed by atoms with Gasteiger partial charge in [0.1, 0.15) is 5.82 Å². The minimum absolute atomic E-state index is 0.0109. The fourth-order valence-corrected chi connectivity index (χ4v) is 4.59. The fourth-order valence-electron chi connectivity index (χ4n) is 4.59. The summed E-state index contributed by atoms with van der Waals surface area (Å²) in [6.45, 7) is 1.84. The molecule has 0 bridgehead atoms. The van der Waals surface area contributed by atoms with Gasteiger partial charge in [-0.2, -0.15) is 0 Å². The average Bonchev–Trinajstić information content (AvgIpc) is 3.30. The van der Waals surface area contributed by atoms with E-state index in [1.807, 2.05) is 23.1 Å². The van der Waals surface area contributed by atoms with Gasteiger partial charge in [0.15, 0.2) is 0 Å². The number of hydrogen-bond donors (Lipinski definition) is 1. The number of benzene rings is 1. The average molecular weight is 415 g/mol. The van der Waals surface area contributed by atoms with Crippen molar-refractivity contribution in [3.05, 3.63) is 71.9 Å². The van der Waals surface area contributed by atoms with Gasteiger partial charge in [-0.3, -0.25) is 14.8 Å². The highest BCUT2D eigenvalue weighted by molar-refractivity contribution is 5.95. The number of hydrogen-bond acceptors (Lipinski definition) is 6. The van der Waals surface area contributed by atoms with Crippen molar-refractivity contribution in [2.24, 2.45) is 0 Å². The van der Waals surface area contributed by atoms with Gasteiger partial charge in [-0.15, -0.1) is 0 Å². The van der Waals surface area contributed by atoms with E-state index in [1.165, 1.54) is 11.3 Å². The van der Waals surface area contributed by atoms with Gasteiger partial charge in [-0.05, 0) is 61.6 Å². The van der Waals surface area contributed by atoms with Gasteiger partial charge < -0.3 is 15.1 Å². The van der Waals surface area contributed by atoms with Crippen LogP contribution in [0.4, 0.5) is 17.2 Å². The molecule has 4 heterocycles. The molecule has 0 saturated carbocycles. The fraction of sp³-hybridized carbons (Fsp3) is 0.333. The number of pyridine rings is 1. The van der Waals surface area contributed by atoms with Gasteiger partial charge in [0.2, 0.25) is 0 Å². The Bertz CT molecular complexity index is 1070. The van der Waals surface area contributed by atoms with Gasteiger partial charge in [0.25, 0.3) is 5.91 Å². The molecule has 1 atom stereocenters. The molecule has 1 fully saturated rings. The lowest BCUT2D eigenvalue weighted by Gasteiger charge is -2.29. The topological polar surface area (TPSA) is 74.2 Å². The molecule has 5 rings (SSSR count). The standard InChI is InChI=1S/C24H26N6O/c1-29-12-2-4-17-14-18(6-9-21(17)29)24(31)30-13-3-5-22(30)20-8-7-19(15-27-20)28-23-16-25-10-11-26-23/h6-11,14-16,22H,2-5,12-13H2,1H3,(H,26,28). The summed E-state index contributed by atoms with van der Waals surface area (Å²) < 4.78 is 0. The first kappa shape index (κ1) is 19.5. The zero-order valence-electron chi connectivity index (χ0n) is 17.7. The van der Waals surface area contributed by atoms with Crippen molar-refractivity contribution in [3.8, 4) is 0 Å². The molecule has 2 aromatic heterocycles. The number of aryl methyl sites for hydroxylation is 1. The Labute approximate surface area is 182 Å². The van der Waals surface area contributed by atoms with Crippen molar-refractivity contribution in [1.29, 1.82) is 0 Å². The van der Waals surface area contributed by atoms with E-state index in [2.05, 4.69) is 44.3 Å². The third-order valence-electron chi connectivity index (χ3n) is 6.15. The summed E-state index contributed by atoms with van der Waals surface area (Å²) in [7, 11) is 2.12. The Morgan fingerprint density at radius 3 is 2.81 bits per heavy atom. The molecule has 3 aromatic rings. The molecular weight excluding hydrogens is 388 g/mol. The molecule has 158 valence electrons. The molecule has 2 aliphatic heterocycles. The van der Waals surface area contributed by atoms with Crippen molar-refractivity contribution < 1.29 is 4.79 Å². The van der Waals surface area contributed by atoms with Crippen LogP contribution in [0.5, 0.6) is 0 Å². The molecule has 1 N–H and O–H groups in total. The number of carbonyl (C=O) groups excluding carboxylic acids is 1. The van der Waals surface area contributed by atoms with Crippen molar-refractivity contribution >= 4 is 23.1 Å². The lowest BCUT2D eigenvalue weighted by atomic mass is 9.99. The monoisotopic (exact) mass is 414 g/mol.